The number of nitrogens with one attached hydrogen (secondary N) is 1. The fourth-order valence-electron chi connectivity index (χ4n) is 2.78. The van der Waals surface area contributed by atoms with Gasteiger partial charge in [-0.1, -0.05) is 6.92 Å². The maximum absolute atomic E-state index is 4.89. The van der Waals surface area contributed by atoms with E-state index in [1.165, 1.54) is 30.1 Å². The van der Waals surface area contributed by atoms with Crippen LogP contribution in [-0.4, -0.2) is 39.5 Å². The quantitative estimate of drug-likeness (QED) is 0.941. The molecule has 1 atom stereocenters. The SMILES string of the molecule is CC1CN(c2nc3sccn3c2CNC2CC2)CCS1. The molecule has 4 nitrogen and oxygen atoms in total. The first-order valence-corrected chi connectivity index (χ1v) is 9.28. The van der Waals surface area contributed by atoms with Gasteiger partial charge in [0.15, 0.2) is 10.8 Å². The lowest BCUT2D eigenvalue weighted by Gasteiger charge is -2.31. The molecule has 2 fully saturated rings. The predicted molar refractivity (Wildman–Crippen MR) is 87.1 cm³/mol. The largest absolute Gasteiger partial charge is 0.353 e. The van der Waals surface area contributed by atoms with Crippen molar-refractivity contribution in [1.29, 1.82) is 0 Å². The number of nitrogens with zero attached hydrogens (tertiary/aromatic N) is 3. The molecule has 1 saturated carbocycles. The van der Waals surface area contributed by atoms with Crippen molar-refractivity contribution < 1.29 is 0 Å². The van der Waals surface area contributed by atoms with Crippen LogP contribution in [0, 0.1) is 0 Å². The number of thioether (sulfide) groups is 1. The van der Waals surface area contributed by atoms with Gasteiger partial charge in [-0.25, -0.2) is 4.98 Å². The predicted octanol–water partition coefficient (Wildman–Crippen LogP) is 2.59. The van der Waals surface area contributed by atoms with Crippen LogP contribution in [0.25, 0.3) is 4.96 Å². The van der Waals surface area contributed by atoms with Crippen molar-refractivity contribution in [1.82, 2.24) is 14.7 Å². The normalized spacial score (nSPS) is 23.6. The van der Waals surface area contributed by atoms with Crippen molar-refractivity contribution in [3.8, 4) is 0 Å². The van der Waals surface area contributed by atoms with Crippen molar-refractivity contribution in [3.63, 3.8) is 0 Å². The van der Waals surface area contributed by atoms with E-state index >= 15 is 0 Å². The highest BCUT2D eigenvalue weighted by molar-refractivity contribution is 8.00. The van der Waals surface area contributed by atoms with Crippen LogP contribution in [0.15, 0.2) is 11.6 Å². The topological polar surface area (TPSA) is 32.6 Å². The highest BCUT2D eigenvalue weighted by Crippen LogP contribution is 2.29. The summed E-state index contributed by atoms with van der Waals surface area (Å²) in [5.41, 5.74) is 1.34. The standard InChI is InChI=1S/C14H20N4S2/c1-10-9-17(4-6-19-10)13-12(8-15-11-2-3-11)18-5-7-20-14(18)16-13/h5,7,10-11,15H,2-4,6,8-9H2,1H3. The molecule has 3 heterocycles. The van der Waals surface area contributed by atoms with Crippen molar-refractivity contribution in [2.24, 2.45) is 0 Å². The van der Waals surface area contributed by atoms with Gasteiger partial charge in [0.1, 0.15) is 0 Å². The minimum absolute atomic E-state index is 0.702. The van der Waals surface area contributed by atoms with Gasteiger partial charge in [0.25, 0.3) is 0 Å². The lowest BCUT2D eigenvalue weighted by Crippen LogP contribution is -2.37. The molecule has 1 aliphatic heterocycles. The number of anilines is 1. The number of aromatic nitrogens is 2. The minimum Gasteiger partial charge on any atom is -0.353 e. The molecule has 6 heteroatoms. The molecule has 0 bridgehead atoms. The Morgan fingerprint density at radius 3 is 3.15 bits per heavy atom. The van der Waals surface area contributed by atoms with E-state index in [0.29, 0.717) is 5.25 Å². The summed E-state index contributed by atoms with van der Waals surface area (Å²) in [5, 5.41) is 6.47. The highest BCUT2D eigenvalue weighted by atomic mass is 32.2. The first-order chi connectivity index (χ1) is 9.81. The molecular formula is C14H20N4S2. The van der Waals surface area contributed by atoms with Crippen LogP contribution in [0.2, 0.25) is 0 Å². The molecule has 1 aliphatic carbocycles. The summed E-state index contributed by atoms with van der Waals surface area (Å²) in [6, 6.07) is 0.739. The molecule has 4 rings (SSSR count). The Labute approximate surface area is 127 Å². The van der Waals surface area contributed by atoms with E-state index in [4.69, 9.17) is 4.98 Å². The van der Waals surface area contributed by atoms with Crippen LogP contribution in [-0.2, 0) is 6.54 Å². The van der Waals surface area contributed by atoms with Gasteiger partial charge in [-0.05, 0) is 12.8 Å². The third-order valence-corrected chi connectivity index (χ3v) is 5.91. The van der Waals surface area contributed by atoms with E-state index in [1.54, 1.807) is 11.3 Å². The summed E-state index contributed by atoms with van der Waals surface area (Å²) < 4.78 is 2.27. The highest BCUT2D eigenvalue weighted by Gasteiger charge is 2.26. The number of rotatable bonds is 4. The van der Waals surface area contributed by atoms with E-state index in [2.05, 4.69) is 44.9 Å². The van der Waals surface area contributed by atoms with E-state index in [-0.39, 0.29) is 0 Å². The maximum Gasteiger partial charge on any atom is 0.195 e. The van der Waals surface area contributed by atoms with Gasteiger partial charge >= 0.3 is 0 Å². The lowest BCUT2D eigenvalue weighted by atomic mass is 10.3. The average molecular weight is 308 g/mol. The summed E-state index contributed by atoms with van der Waals surface area (Å²) in [7, 11) is 0. The Morgan fingerprint density at radius 2 is 2.35 bits per heavy atom. The Balaban J connectivity index is 1.65. The van der Waals surface area contributed by atoms with Crippen molar-refractivity contribution >= 4 is 33.9 Å². The molecule has 20 heavy (non-hydrogen) atoms. The Morgan fingerprint density at radius 1 is 1.45 bits per heavy atom. The fourth-order valence-corrected chi connectivity index (χ4v) is 4.52. The monoisotopic (exact) mass is 308 g/mol. The van der Waals surface area contributed by atoms with Gasteiger partial charge in [-0.2, -0.15) is 11.8 Å². The Hall–Kier alpha value is -0.720. The van der Waals surface area contributed by atoms with Crippen LogP contribution in [0.5, 0.6) is 0 Å². The molecule has 2 aromatic heterocycles. The van der Waals surface area contributed by atoms with Crippen molar-refractivity contribution in [3.05, 3.63) is 17.3 Å². The second-order valence-electron chi connectivity index (χ2n) is 5.72. The fraction of sp³-hybridized carbons (Fsp3) is 0.643. The van der Waals surface area contributed by atoms with Gasteiger partial charge in [0.05, 0.1) is 5.69 Å². The number of fused-ring (bicyclic) bond motifs is 1. The first-order valence-electron chi connectivity index (χ1n) is 7.35. The van der Waals surface area contributed by atoms with Gasteiger partial charge in [-0.15, -0.1) is 11.3 Å². The van der Waals surface area contributed by atoms with E-state index in [9.17, 15) is 0 Å². The second kappa shape index (κ2) is 5.24. The molecule has 0 spiro atoms. The van der Waals surface area contributed by atoms with Gasteiger partial charge in [0, 0.05) is 48.3 Å². The third kappa shape index (κ3) is 2.44. The second-order valence-corrected chi connectivity index (χ2v) is 8.14. The summed E-state index contributed by atoms with van der Waals surface area (Å²) >= 11 is 3.80. The summed E-state index contributed by atoms with van der Waals surface area (Å²) in [6.45, 7) is 5.50. The van der Waals surface area contributed by atoms with Crippen molar-refractivity contribution in [2.45, 2.75) is 37.6 Å². The lowest BCUT2D eigenvalue weighted by molar-refractivity contribution is 0.664. The molecule has 2 aromatic rings. The zero-order valence-corrected chi connectivity index (χ0v) is 13.3. The van der Waals surface area contributed by atoms with Crippen LogP contribution >= 0.6 is 23.1 Å². The molecule has 2 aliphatic rings. The van der Waals surface area contributed by atoms with Crippen LogP contribution < -0.4 is 10.2 Å². The van der Waals surface area contributed by atoms with Gasteiger partial charge in [-0.3, -0.25) is 4.40 Å². The van der Waals surface area contributed by atoms with Crippen LogP contribution in [0.1, 0.15) is 25.5 Å². The molecule has 1 saturated heterocycles. The molecule has 0 amide bonds. The smallest absolute Gasteiger partial charge is 0.195 e. The molecule has 0 aromatic carbocycles. The minimum atomic E-state index is 0.702. The van der Waals surface area contributed by atoms with Gasteiger partial charge < -0.3 is 10.2 Å². The summed E-state index contributed by atoms with van der Waals surface area (Å²) in [5.74, 6) is 2.42. The molecular weight excluding hydrogens is 288 g/mol. The number of imidazole rings is 1. The van der Waals surface area contributed by atoms with Gasteiger partial charge in [0.2, 0.25) is 0 Å². The Bertz CT molecular complexity index is 601. The van der Waals surface area contributed by atoms with Crippen LogP contribution in [0.3, 0.4) is 0 Å². The molecule has 108 valence electrons. The third-order valence-electron chi connectivity index (χ3n) is 4.02. The summed E-state index contributed by atoms with van der Waals surface area (Å²) in [4.78, 5) is 8.49. The molecule has 1 unspecified atom stereocenters. The van der Waals surface area contributed by atoms with E-state index in [0.717, 1.165) is 30.6 Å². The molecule has 0 radical (unpaired) electrons. The average Bonchev–Trinajstić information content (AvgIpc) is 3.04. The first kappa shape index (κ1) is 13.0. The van der Waals surface area contributed by atoms with E-state index < -0.39 is 0 Å². The number of hydrogen-bond donors (Lipinski definition) is 1. The van der Waals surface area contributed by atoms with Crippen LogP contribution in [0.4, 0.5) is 5.82 Å². The van der Waals surface area contributed by atoms with Crippen molar-refractivity contribution in [2.75, 3.05) is 23.7 Å². The zero-order chi connectivity index (χ0) is 13.5. The molecule has 1 N–H and O–H groups in total. The number of thiazole rings is 1. The Kier molecular flexibility index (Phi) is 3.40. The zero-order valence-electron chi connectivity index (χ0n) is 11.7. The maximum atomic E-state index is 4.89. The van der Waals surface area contributed by atoms with E-state index in [1.807, 2.05) is 0 Å². The number of hydrogen-bond acceptors (Lipinski definition) is 5. The summed E-state index contributed by atoms with van der Waals surface area (Å²) in [6.07, 6.45) is 4.82.